The average Bonchev–Trinajstić information content (AvgIpc) is 2.69. The van der Waals surface area contributed by atoms with Crippen molar-refractivity contribution in [1.29, 1.82) is 0 Å². The number of hydrogen-bond donors (Lipinski definition) is 2. The van der Waals surface area contributed by atoms with Gasteiger partial charge in [-0.05, 0) is 43.0 Å². The number of nitrogens with one attached hydrogen (secondary N) is 2. The van der Waals surface area contributed by atoms with Crippen LogP contribution in [0.25, 0.3) is 0 Å². The Balaban J connectivity index is 1.52. The Morgan fingerprint density at radius 1 is 1.27 bits per heavy atom. The van der Waals surface area contributed by atoms with E-state index in [1.54, 1.807) is 29.6 Å². The number of nitrogens with zero attached hydrogens (tertiary/aromatic N) is 3. The lowest BCUT2D eigenvalue weighted by Gasteiger charge is -2.32. The molecule has 0 radical (unpaired) electrons. The van der Waals surface area contributed by atoms with Crippen LogP contribution >= 0.6 is 0 Å². The summed E-state index contributed by atoms with van der Waals surface area (Å²) in [5.74, 6) is 0.223. The van der Waals surface area contributed by atoms with Gasteiger partial charge in [-0.1, -0.05) is 12.1 Å². The van der Waals surface area contributed by atoms with E-state index in [2.05, 4.69) is 20.6 Å². The Labute approximate surface area is 152 Å². The van der Waals surface area contributed by atoms with Crippen molar-refractivity contribution in [2.75, 3.05) is 18.4 Å². The molecule has 7 heteroatoms. The van der Waals surface area contributed by atoms with Gasteiger partial charge in [0, 0.05) is 38.2 Å². The summed E-state index contributed by atoms with van der Waals surface area (Å²) in [6.07, 6.45) is 6.71. The molecular formula is C19H23N5O2. The molecule has 136 valence electrons. The molecule has 0 aromatic carbocycles. The summed E-state index contributed by atoms with van der Waals surface area (Å²) in [5.41, 5.74) is 1.98. The Hall–Kier alpha value is -2.96. The zero-order valence-corrected chi connectivity index (χ0v) is 14.8. The Kier molecular flexibility index (Phi) is 5.78. The maximum atomic E-state index is 12.5. The zero-order chi connectivity index (χ0) is 18.4. The van der Waals surface area contributed by atoms with Crippen molar-refractivity contribution in [1.82, 2.24) is 20.2 Å². The van der Waals surface area contributed by atoms with Crippen molar-refractivity contribution >= 4 is 17.8 Å². The highest BCUT2D eigenvalue weighted by atomic mass is 16.2. The van der Waals surface area contributed by atoms with E-state index in [1.165, 1.54) is 0 Å². The van der Waals surface area contributed by atoms with Gasteiger partial charge in [0.15, 0.2) is 0 Å². The number of likely N-dealkylation sites (tertiary alicyclic amines) is 1. The molecule has 3 amide bonds. The lowest BCUT2D eigenvalue weighted by Crippen LogP contribution is -2.47. The number of rotatable bonds is 4. The van der Waals surface area contributed by atoms with E-state index in [0.717, 1.165) is 24.0 Å². The topological polar surface area (TPSA) is 87.2 Å². The summed E-state index contributed by atoms with van der Waals surface area (Å²) in [7, 11) is 0. The summed E-state index contributed by atoms with van der Waals surface area (Å²) in [5, 5.41) is 5.73. The van der Waals surface area contributed by atoms with Crippen LogP contribution in [0.15, 0.2) is 42.9 Å². The Morgan fingerprint density at radius 3 is 2.88 bits per heavy atom. The molecule has 26 heavy (non-hydrogen) atoms. The second-order valence-corrected chi connectivity index (χ2v) is 6.52. The molecule has 1 aliphatic heterocycles. The highest BCUT2D eigenvalue weighted by Crippen LogP contribution is 2.18. The third-order valence-corrected chi connectivity index (χ3v) is 4.41. The summed E-state index contributed by atoms with van der Waals surface area (Å²) in [4.78, 5) is 34.8. The number of pyridine rings is 2. The van der Waals surface area contributed by atoms with E-state index in [-0.39, 0.29) is 17.9 Å². The van der Waals surface area contributed by atoms with Crippen LogP contribution in [0.2, 0.25) is 0 Å². The molecule has 1 aliphatic rings. The van der Waals surface area contributed by atoms with Crippen LogP contribution in [0.5, 0.6) is 0 Å². The molecule has 0 aliphatic carbocycles. The summed E-state index contributed by atoms with van der Waals surface area (Å²) in [6, 6.07) is 7.28. The molecule has 3 heterocycles. The van der Waals surface area contributed by atoms with Gasteiger partial charge in [-0.2, -0.15) is 0 Å². The number of carbonyl (C=O) groups excluding carboxylic acids is 2. The number of piperidine rings is 1. The molecule has 1 atom stereocenters. The first-order valence-corrected chi connectivity index (χ1v) is 8.77. The predicted octanol–water partition coefficient (Wildman–Crippen LogP) is 2.35. The second kappa shape index (κ2) is 8.42. The van der Waals surface area contributed by atoms with E-state index in [9.17, 15) is 9.59 Å². The van der Waals surface area contributed by atoms with Crippen LogP contribution in [0.3, 0.4) is 0 Å². The highest BCUT2D eigenvalue weighted by Gasteiger charge is 2.28. The van der Waals surface area contributed by atoms with E-state index in [0.29, 0.717) is 25.5 Å². The lowest BCUT2D eigenvalue weighted by atomic mass is 9.97. The summed E-state index contributed by atoms with van der Waals surface area (Å²) < 4.78 is 0. The molecule has 2 N–H and O–H groups in total. The SMILES string of the molecule is Cc1ccc(NC(=O)C2CCCN(C(=O)NCc3cccnc3)C2)nc1. The monoisotopic (exact) mass is 353 g/mol. The quantitative estimate of drug-likeness (QED) is 0.883. The van der Waals surface area contributed by atoms with Crippen molar-refractivity contribution in [3.05, 3.63) is 54.0 Å². The van der Waals surface area contributed by atoms with E-state index >= 15 is 0 Å². The van der Waals surface area contributed by atoms with Crippen molar-refractivity contribution in [3.8, 4) is 0 Å². The van der Waals surface area contributed by atoms with Gasteiger partial charge < -0.3 is 15.5 Å². The third-order valence-electron chi connectivity index (χ3n) is 4.41. The standard InChI is InChI=1S/C19H23N5O2/c1-14-6-7-17(21-10-14)23-18(25)16-5-3-9-24(13-16)19(26)22-12-15-4-2-8-20-11-15/h2,4,6-8,10-11,16H,3,5,9,12-13H2,1H3,(H,22,26)(H,21,23,25). The molecule has 7 nitrogen and oxygen atoms in total. The van der Waals surface area contributed by atoms with Crippen molar-refractivity contribution in [2.45, 2.75) is 26.3 Å². The van der Waals surface area contributed by atoms with Crippen LogP contribution in [0, 0.1) is 12.8 Å². The van der Waals surface area contributed by atoms with Crippen LogP contribution in [0.1, 0.15) is 24.0 Å². The van der Waals surface area contributed by atoms with Crippen LogP contribution in [0.4, 0.5) is 10.6 Å². The molecule has 0 bridgehead atoms. The van der Waals surface area contributed by atoms with Gasteiger partial charge in [0.05, 0.1) is 5.92 Å². The minimum absolute atomic E-state index is 0.0916. The first-order chi connectivity index (χ1) is 12.6. The molecule has 1 unspecified atom stereocenters. The van der Waals surface area contributed by atoms with Crippen LogP contribution in [-0.2, 0) is 11.3 Å². The van der Waals surface area contributed by atoms with Gasteiger partial charge in [-0.25, -0.2) is 9.78 Å². The lowest BCUT2D eigenvalue weighted by molar-refractivity contribution is -0.121. The largest absolute Gasteiger partial charge is 0.334 e. The third kappa shape index (κ3) is 4.78. The molecule has 0 spiro atoms. The minimum Gasteiger partial charge on any atom is -0.334 e. The number of anilines is 1. The molecule has 2 aromatic rings. The van der Waals surface area contributed by atoms with E-state index in [1.807, 2.05) is 25.1 Å². The zero-order valence-electron chi connectivity index (χ0n) is 14.8. The van der Waals surface area contributed by atoms with Gasteiger partial charge in [0.25, 0.3) is 0 Å². The first kappa shape index (κ1) is 17.8. The number of aromatic nitrogens is 2. The number of carbonyl (C=O) groups is 2. The molecule has 1 fully saturated rings. The average molecular weight is 353 g/mol. The molecule has 1 saturated heterocycles. The maximum absolute atomic E-state index is 12.5. The predicted molar refractivity (Wildman–Crippen MR) is 98.4 cm³/mol. The molecule has 2 aromatic heterocycles. The van der Waals surface area contributed by atoms with E-state index < -0.39 is 0 Å². The Bertz CT molecular complexity index is 748. The van der Waals surface area contributed by atoms with Crippen LogP contribution in [-0.4, -0.2) is 39.9 Å². The number of urea groups is 1. The second-order valence-electron chi connectivity index (χ2n) is 6.52. The first-order valence-electron chi connectivity index (χ1n) is 8.77. The van der Waals surface area contributed by atoms with Crippen molar-refractivity contribution in [3.63, 3.8) is 0 Å². The Morgan fingerprint density at radius 2 is 2.15 bits per heavy atom. The summed E-state index contributed by atoms with van der Waals surface area (Å²) in [6.45, 7) is 3.44. The van der Waals surface area contributed by atoms with Crippen molar-refractivity contribution < 1.29 is 9.59 Å². The van der Waals surface area contributed by atoms with Gasteiger partial charge in [0.2, 0.25) is 5.91 Å². The van der Waals surface area contributed by atoms with Gasteiger partial charge >= 0.3 is 6.03 Å². The molecule has 3 rings (SSSR count). The van der Waals surface area contributed by atoms with Gasteiger partial charge in [0.1, 0.15) is 5.82 Å². The number of amides is 3. The fourth-order valence-corrected chi connectivity index (χ4v) is 2.94. The fraction of sp³-hybridized carbons (Fsp3) is 0.368. The van der Waals surface area contributed by atoms with Crippen LogP contribution < -0.4 is 10.6 Å². The number of hydrogen-bond acceptors (Lipinski definition) is 4. The fourth-order valence-electron chi connectivity index (χ4n) is 2.94. The summed E-state index contributed by atoms with van der Waals surface area (Å²) >= 11 is 0. The highest BCUT2D eigenvalue weighted by molar-refractivity contribution is 5.92. The van der Waals surface area contributed by atoms with Gasteiger partial charge in [-0.15, -0.1) is 0 Å². The van der Waals surface area contributed by atoms with Gasteiger partial charge in [-0.3, -0.25) is 9.78 Å². The smallest absolute Gasteiger partial charge is 0.317 e. The minimum atomic E-state index is -0.226. The van der Waals surface area contributed by atoms with E-state index in [4.69, 9.17) is 0 Å². The maximum Gasteiger partial charge on any atom is 0.317 e. The molecular weight excluding hydrogens is 330 g/mol. The normalized spacial score (nSPS) is 16.8. The molecule has 0 saturated carbocycles. The number of aryl methyl sites for hydroxylation is 1. The van der Waals surface area contributed by atoms with Crippen molar-refractivity contribution in [2.24, 2.45) is 5.92 Å².